The van der Waals surface area contributed by atoms with E-state index in [-0.39, 0.29) is 29.9 Å². The first kappa shape index (κ1) is 16.9. The summed E-state index contributed by atoms with van der Waals surface area (Å²) in [6.45, 7) is 7.55. The van der Waals surface area contributed by atoms with Crippen molar-refractivity contribution in [2.45, 2.75) is 71.1 Å². The highest BCUT2D eigenvalue weighted by Gasteiger charge is 2.46. The number of ether oxygens (including phenoxy) is 1. The number of Topliss-reactive ketones (excluding diaryl/α,β-unsaturated/α-hetero) is 1. The molecule has 0 aliphatic carbocycles. The number of ketones is 1. The summed E-state index contributed by atoms with van der Waals surface area (Å²) in [5.41, 5.74) is 1.10. The molecule has 3 heterocycles. The largest absolute Gasteiger partial charge is 0.444 e. The Morgan fingerprint density at radius 3 is 2.38 bits per heavy atom. The lowest BCUT2D eigenvalue weighted by molar-refractivity contribution is 0.00254. The van der Waals surface area contributed by atoms with Crippen LogP contribution >= 0.6 is 0 Å². The average Bonchev–Trinajstić information content (AvgIpc) is 2.75. The smallest absolute Gasteiger partial charge is 0.410 e. The zero-order chi connectivity index (χ0) is 17.5. The molecule has 5 heteroatoms. The van der Waals surface area contributed by atoms with Gasteiger partial charge >= 0.3 is 6.09 Å². The number of aryl methyl sites for hydroxylation is 1. The maximum absolute atomic E-state index is 12.8. The van der Waals surface area contributed by atoms with Crippen LogP contribution in [-0.4, -0.2) is 39.4 Å². The highest BCUT2D eigenvalue weighted by atomic mass is 16.6. The molecule has 1 aromatic rings. The van der Waals surface area contributed by atoms with Crippen molar-refractivity contribution < 1.29 is 14.3 Å². The Bertz CT molecular complexity index is 636. The van der Waals surface area contributed by atoms with E-state index in [1.807, 2.05) is 38.7 Å². The fourth-order valence-corrected chi connectivity index (χ4v) is 3.94. The molecule has 2 bridgehead atoms. The van der Waals surface area contributed by atoms with E-state index in [4.69, 9.17) is 4.74 Å². The van der Waals surface area contributed by atoms with E-state index in [2.05, 4.69) is 4.98 Å². The molecule has 2 saturated heterocycles. The molecule has 2 aliphatic heterocycles. The quantitative estimate of drug-likeness (QED) is 0.775. The summed E-state index contributed by atoms with van der Waals surface area (Å²) in [6.07, 6.45) is 4.84. The third kappa shape index (κ3) is 3.45. The van der Waals surface area contributed by atoms with Crippen LogP contribution in [-0.2, 0) is 4.74 Å². The maximum Gasteiger partial charge on any atom is 0.410 e. The van der Waals surface area contributed by atoms with Crippen LogP contribution in [0.3, 0.4) is 0 Å². The molecule has 0 saturated carbocycles. The van der Waals surface area contributed by atoms with Gasteiger partial charge in [0.2, 0.25) is 0 Å². The van der Waals surface area contributed by atoms with E-state index in [1.54, 1.807) is 12.3 Å². The molecular weight excluding hydrogens is 304 g/mol. The molecule has 2 aliphatic rings. The summed E-state index contributed by atoms with van der Waals surface area (Å²) >= 11 is 0. The number of fused-ring (bicyclic) bond motifs is 2. The van der Waals surface area contributed by atoms with Gasteiger partial charge in [0.1, 0.15) is 5.60 Å². The standard InChI is InChI=1S/C19H26N2O3/c1-12-9-13(7-8-20-12)17(22)14-10-15-5-6-16(11-14)21(15)18(23)24-19(2,3)4/h7-9,14-16H,5-6,10-11H2,1-4H3. The van der Waals surface area contributed by atoms with E-state index in [9.17, 15) is 9.59 Å². The van der Waals surface area contributed by atoms with Gasteiger partial charge in [0.05, 0.1) is 0 Å². The van der Waals surface area contributed by atoms with E-state index >= 15 is 0 Å². The van der Waals surface area contributed by atoms with Gasteiger partial charge in [-0.05, 0) is 65.5 Å². The van der Waals surface area contributed by atoms with Gasteiger partial charge in [-0.3, -0.25) is 9.78 Å². The van der Waals surface area contributed by atoms with Crippen molar-refractivity contribution in [2.24, 2.45) is 5.92 Å². The minimum atomic E-state index is -0.488. The molecule has 3 rings (SSSR count). The Morgan fingerprint density at radius 1 is 1.21 bits per heavy atom. The van der Waals surface area contributed by atoms with Crippen molar-refractivity contribution in [1.82, 2.24) is 9.88 Å². The van der Waals surface area contributed by atoms with Crippen molar-refractivity contribution in [3.8, 4) is 0 Å². The molecule has 2 atom stereocenters. The van der Waals surface area contributed by atoms with Crippen LogP contribution < -0.4 is 0 Å². The number of hydrogen-bond acceptors (Lipinski definition) is 4. The second kappa shape index (κ2) is 6.19. The zero-order valence-electron chi connectivity index (χ0n) is 14.9. The second-order valence-corrected chi connectivity index (χ2v) is 7.99. The topological polar surface area (TPSA) is 59.5 Å². The van der Waals surface area contributed by atoms with Crippen molar-refractivity contribution in [2.75, 3.05) is 0 Å². The molecule has 0 spiro atoms. The SMILES string of the molecule is Cc1cc(C(=O)C2CC3CCC(C2)N3C(=O)OC(C)(C)C)ccn1. The maximum atomic E-state index is 12.8. The first-order valence-corrected chi connectivity index (χ1v) is 8.73. The molecule has 2 unspecified atom stereocenters. The fraction of sp³-hybridized carbons (Fsp3) is 0.632. The van der Waals surface area contributed by atoms with Crippen LogP contribution in [0.4, 0.5) is 4.79 Å². The molecule has 5 nitrogen and oxygen atoms in total. The van der Waals surface area contributed by atoms with Crippen LogP contribution in [0, 0.1) is 12.8 Å². The zero-order valence-corrected chi connectivity index (χ0v) is 14.9. The first-order chi connectivity index (χ1) is 11.2. The van der Waals surface area contributed by atoms with Crippen LogP contribution in [0.2, 0.25) is 0 Å². The highest BCUT2D eigenvalue weighted by Crippen LogP contribution is 2.40. The monoisotopic (exact) mass is 330 g/mol. The minimum absolute atomic E-state index is 0.0111. The summed E-state index contributed by atoms with van der Waals surface area (Å²) in [7, 11) is 0. The number of amides is 1. The lowest BCUT2D eigenvalue weighted by atomic mass is 9.85. The van der Waals surface area contributed by atoms with Gasteiger partial charge in [0, 0.05) is 35.5 Å². The normalized spacial score (nSPS) is 26.3. The Kier molecular flexibility index (Phi) is 4.37. The Balaban J connectivity index is 1.71. The predicted molar refractivity (Wildman–Crippen MR) is 90.9 cm³/mol. The molecule has 0 radical (unpaired) electrons. The van der Waals surface area contributed by atoms with E-state index in [0.29, 0.717) is 0 Å². The van der Waals surface area contributed by atoms with Crippen LogP contribution in [0.1, 0.15) is 62.5 Å². The number of hydrogen-bond donors (Lipinski definition) is 0. The molecule has 1 amide bonds. The summed E-state index contributed by atoms with van der Waals surface area (Å²) in [6, 6.07) is 3.88. The van der Waals surface area contributed by atoms with Gasteiger partial charge in [0.25, 0.3) is 0 Å². The summed E-state index contributed by atoms with van der Waals surface area (Å²) in [5, 5.41) is 0. The van der Waals surface area contributed by atoms with Crippen LogP contribution in [0.5, 0.6) is 0 Å². The van der Waals surface area contributed by atoms with E-state index < -0.39 is 5.60 Å². The van der Waals surface area contributed by atoms with Crippen molar-refractivity contribution >= 4 is 11.9 Å². The molecule has 0 aromatic carbocycles. The number of rotatable bonds is 2. The van der Waals surface area contributed by atoms with Gasteiger partial charge < -0.3 is 9.64 Å². The first-order valence-electron chi connectivity index (χ1n) is 8.73. The summed E-state index contributed by atoms with van der Waals surface area (Å²) < 4.78 is 5.55. The number of pyridine rings is 1. The number of piperidine rings is 1. The van der Waals surface area contributed by atoms with Crippen molar-refractivity contribution in [3.05, 3.63) is 29.6 Å². The van der Waals surface area contributed by atoms with Crippen molar-refractivity contribution in [3.63, 3.8) is 0 Å². The van der Waals surface area contributed by atoms with Gasteiger partial charge in [-0.2, -0.15) is 0 Å². The van der Waals surface area contributed by atoms with E-state index in [1.165, 1.54) is 0 Å². The Hall–Kier alpha value is -1.91. The third-order valence-electron chi connectivity index (χ3n) is 4.89. The third-order valence-corrected chi connectivity index (χ3v) is 4.89. The van der Waals surface area contributed by atoms with Crippen LogP contribution in [0.15, 0.2) is 18.3 Å². The second-order valence-electron chi connectivity index (χ2n) is 7.99. The van der Waals surface area contributed by atoms with Gasteiger partial charge in [-0.1, -0.05) is 0 Å². The van der Waals surface area contributed by atoms with Crippen LogP contribution in [0.25, 0.3) is 0 Å². The number of carbonyl (C=O) groups is 2. The summed E-state index contributed by atoms with van der Waals surface area (Å²) in [5.74, 6) is 0.171. The van der Waals surface area contributed by atoms with E-state index in [0.717, 1.165) is 36.9 Å². The summed E-state index contributed by atoms with van der Waals surface area (Å²) in [4.78, 5) is 31.3. The number of carbonyl (C=O) groups excluding carboxylic acids is 2. The molecule has 0 N–H and O–H groups in total. The molecule has 130 valence electrons. The van der Waals surface area contributed by atoms with Gasteiger partial charge in [0.15, 0.2) is 5.78 Å². The predicted octanol–water partition coefficient (Wildman–Crippen LogP) is 3.75. The lowest BCUT2D eigenvalue weighted by Crippen LogP contribution is -2.49. The highest BCUT2D eigenvalue weighted by molar-refractivity contribution is 5.98. The lowest BCUT2D eigenvalue weighted by Gasteiger charge is -2.39. The Labute approximate surface area is 143 Å². The fourth-order valence-electron chi connectivity index (χ4n) is 3.94. The van der Waals surface area contributed by atoms with Crippen molar-refractivity contribution in [1.29, 1.82) is 0 Å². The van der Waals surface area contributed by atoms with Gasteiger partial charge in [-0.25, -0.2) is 4.79 Å². The van der Waals surface area contributed by atoms with Gasteiger partial charge in [-0.15, -0.1) is 0 Å². The Morgan fingerprint density at radius 2 is 1.83 bits per heavy atom. The average molecular weight is 330 g/mol. The minimum Gasteiger partial charge on any atom is -0.444 e. The molecule has 1 aromatic heterocycles. The molecular formula is C19H26N2O3. The molecule has 2 fully saturated rings. The number of aromatic nitrogens is 1. The molecule has 24 heavy (non-hydrogen) atoms. The number of nitrogens with zero attached hydrogens (tertiary/aromatic N) is 2.